The molecule has 1 rings (SSSR count). The molecule has 0 bridgehead atoms. The lowest BCUT2D eigenvalue weighted by molar-refractivity contribution is -0.142. The van der Waals surface area contributed by atoms with Crippen molar-refractivity contribution in [2.45, 2.75) is 103 Å². The first-order chi connectivity index (χ1) is 21.3. The highest BCUT2D eigenvalue weighted by Gasteiger charge is 2.33. The summed E-state index contributed by atoms with van der Waals surface area (Å²) in [5, 5.41) is 20.5. The van der Waals surface area contributed by atoms with Crippen molar-refractivity contribution in [3.05, 3.63) is 35.9 Å². The van der Waals surface area contributed by atoms with Gasteiger partial charge < -0.3 is 37.8 Å². The second-order valence-corrected chi connectivity index (χ2v) is 12.9. The van der Waals surface area contributed by atoms with E-state index in [-0.39, 0.29) is 31.1 Å². The van der Waals surface area contributed by atoms with Gasteiger partial charge in [-0.15, -0.1) is 0 Å². The minimum absolute atomic E-state index is 0.00546. The van der Waals surface area contributed by atoms with Crippen LogP contribution in [0.5, 0.6) is 0 Å². The molecule has 0 saturated carbocycles. The molecule has 0 radical (unpaired) electrons. The molecule has 0 heterocycles. The second-order valence-electron chi connectivity index (χ2n) is 11.9. The van der Waals surface area contributed by atoms with Crippen molar-refractivity contribution >= 4 is 41.4 Å². The maximum Gasteiger partial charge on any atom is 0.326 e. The number of amides is 4. The third-order valence-electron chi connectivity index (χ3n) is 7.57. The number of unbranched alkanes of at least 4 members (excludes halogenated alkanes) is 1. The Hall–Kier alpha value is -3.16. The van der Waals surface area contributed by atoms with Crippen LogP contribution in [0.4, 0.5) is 0 Å². The highest BCUT2D eigenvalue weighted by atomic mass is 32.2. The minimum Gasteiger partial charge on any atom is -0.480 e. The molecule has 6 atom stereocenters. The van der Waals surface area contributed by atoms with Gasteiger partial charge in [0.25, 0.3) is 0 Å². The third-order valence-corrected chi connectivity index (χ3v) is 8.22. The molecule has 0 aliphatic carbocycles. The van der Waals surface area contributed by atoms with Gasteiger partial charge in [-0.3, -0.25) is 19.2 Å². The van der Waals surface area contributed by atoms with Gasteiger partial charge in [0.2, 0.25) is 23.6 Å². The lowest BCUT2D eigenvalue weighted by atomic mass is 9.96. The van der Waals surface area contributed by atoms with Crippen LogP contribution < -0.4 is 32.7 Å². The molecule has 0 unspecified atom stereocenters. The minimum atomic E-state index is -1.15. The first-order valence-corrected chi connectivity index (χ1v) is 17.2. The molecular formula is C32H54N6O6S. The Morgan fingerprint density at radius 1 is 0.822 bits per heavy atom. The number of aliphatic carboxylic acids is 1. The van der Waals surface area contributed by atoms with E-state index in [1.165, 1.54) is 11.8 Å². The molecule has 0 fully saturated rings. The molecule has 0 aromatic heterocycles. The van der Waals surface area contributed by atoms with Crippen LogP contribution >= 0.6 is 11.8 Å². The van der Waals surface area contributed by atoms with Gasteiger partial charge in [-0.25, -0.2) is 4.79 Å². The number of nitrogens with one attached hydrogen (secondary N) is 4. The maximum atomic E-state index is 13.6. The Bertz CT molecular complexity index is 1080. The van der Waals surface area contributed by atoms with Gasteiger partial charge in [0, 0.05) is 0 Å². The number of carbonyl (C=O) groups is 5. The third kappa shape index (κ3) is 15.1. The topological polar surface area (TPSA) is 206 Å². The number of carbonyl (C=O) groups excluding carboxylic acids is 4. The zero-order valence-electron chi connectivity index (χ0n) is 27.3. The summed E-state index contributed by atoms with van der Waals surface area (Å²) in [5.41, 5.74) is 12.7. The molecule has 254 valence electrons. The van der Waals surface area contributed by atoms with E-state index in [4.69, 9.17) is 11.5 Å². The molecule has 4 amide bonds. The van der Waals surface area contributed by atoms with Gasteiger partial charge in [-0.2, -0.15) is 11.8 Å². The molecular weight excluding hydrogens is 596 g/mol. The lowest BCUT2D eigenvalue weighted by Crippen LogP contribution is -2.59. The quantitative estimate of drug-likeness (QED) is 0.0908. The normalized spacial score (nSPS) is 15.2. The van der Waals surface area contributed by atoms with Gasteiger partial charge in [-0.05, 0) is 74.5 Å². The van der Waals surface area contributed by atoms with Crippen molar-refractivity contribution in [2.75, 3.05) is 18.6 Å². The lowest BCUT2D eigenvalue weighted by Gasteiger charge is -2.29. The van der Waals surface area contributed by atoms with E-state index in [0.29, 0.717) is 38.0 Å². The predicted octanol–water partition coefficient (Wildman–Crippen LogP) is 1.55. The summed E-state index contributed by atoms with van der Waals surface area (Å²) in [6, 6.07) is 4.38. The van der Waals surface area contributed by atoms with E-state index in [9.17, 15) is 29.1 Å². The zero-order valence-corrected chi connectivity index (χ0v) is 28.2. The number of nitrogens with two attached hydrogens (primary N) is 2. The van der Waals surface area contributed by atoms with Crippen molar-refractivity contribution in [1.29, 1.82) is 0 Å². The fourth-order valence-electron chi connectivity index (χ4n) is 4.69. The van der Waals surface area contributed by atoms with E-state index in [1.807, 2.05) is 64.3 Å². The molecule has 13 heteroatoms. The number of hydrogen-bond donors (Lipinski definition) is 7. The Morgan fingerprint density at radius 3 is 1.98 bits per heavy atom. The molecule has 0 saturated heterocycles. The van der Waals surface area contributed by atoms with Crippen LogP contribution in [0.2, 0.25) is 0 Å². The van der Waals surface area contributed by atoms with Crippen LogP contribution in [0.15, 0.2) is 30.3 Å². The van der Waals surface area contributed by atoms with Crippen LogP contribution in [0.1, 0.15) is 71.8 Å². The highest BCUT2D eigenvalue weighted by Crippen LogP contribution is 2.13. The molecule has 45 heavy (non-hydrogen) atoms. The number of thioether (sulfide) groups is 1. The van der Waals surface area contributed by atoms with E-state index in [2.05, 4.69) is 21.3 Å². The summed E-state index contributed by atoms with van der Waals surface area (Å²) in [4.78, 5) is 65.2. The predicted molar refractivity (Wildman–Crippen MR) is 178 cm³/mol. The van der Waals surface area contributed by atoms with Gasteiger partial charge in [-0.1, -0.05) is 64.4 Å². The fraction of sp³-hybridized carbons (Fsp3) is 0.656. The standard InChI is InChI=1S/C32H54N6O6S/c1-6-21(4)27(38-28(39)23(34)19-22-12-8-7-9-13-22)31(42)35-24(14-10-11-16-33)29(40)37-26(18-20(2)3)30(41)36-25(32(43)44)15-17-45-5/h7-9,12-13,20-21,23-27H,6,10-11,14-19,33-34H2,1-5H3,(H,35,42)(H,36,41)(H,37,40)(H,38,39)(H,43,44)/t21-,23-,24-,25-,26-,27-/m0/s1. The van der Waals surface area contributed by atoms with Gasteiger partial charge in [0.1, 0.15) is 24.2 Å². The molecule has 0 spiro atoms. The van der Waals surface area contributed by atoms with Crippen LogP contribution in [0, 0.1) is 11.8 Å². The van der Waals surface area contributed by atoms with Crippen molar-refractivity contribution in [3.8, 4) is 0 Å². The SMILES string of the molecule is CC[C@H](C)[C@H](NC(=O)[C@@H](N)Cc1ccccc1)C(=O)N[C@@H](CCCCN)C(=O)N[C@@H](CC(C)C)C(=O)N[C@@H](CCSC)C(=O)O. The first kappa shape index (κ1) is 39.9. The monoisotopic (exact) mass is 650 g/mol. The summed E-state index contributed by atoms with van der Waals surface area (Å²) in [5.74, 6) is -3.07. The van der Waals surface area contributed by atoms with Gasteiger partial charge >= 0.3 is 5.97 Å². The Balaban J connectivity index is 3.12. The molecule has 1 aromatic rings. The van der Waals surface area contributed by atoms with Crippen LogP contribution in [-0.4, -0.2) is 83.5 Å². The summed E-state index contributed by atoms with van der Waals surface area (Å²) in [6.45, 7) is 7.90. The summed E-state index contributed by atoms with van der Waals surface area (Å²) in [6.07, 6.45) is 4.63. The molecule has 0 aliphatic rings. The second kappa shape index (κ2) is 21.6. The van der Waals surface area contributed by atoms with E-state index in [1.54, 1.807) is 0 Å². The van der Waals surface area contributed by atoms with Crippen molar-refractivity contribution < 1.29 is 29.1 Å². The average molecular weight is 651 g/mol. The highest BCUT2D eigenvalue weighted by molar-refractivity contribution is 7.98. The number of hydrogen-bond acceptors (Lipinski definition) is 8. The summed E-state index contributed by atoms with van der Waals surface area (Å²) in [7, 11) is 0. The van der Waals surface area contributed by atoms with E-state index < -0.39 is 59.8 Å². The number of carboxylic acid groups (broad SMARTS) is 1. The fourth-order valence-corrected chi connectivity index (χ4v) is 5.16. The first-order valence-electron chi connectivity index (χ1n) is 15.8. The molecule has 12 nitrogen and oxygen atoms in total. The summed E-state index contributed by atoms with van der Waals surface area (Å²) < 4.78 is 0. The number of benzene rings is 1. The van der Waals surface area contributed by atoms with E-state index >= 15 is 0 Å². The smallest absolute Gasteiger partial charge is 0.326 e. The number of carboxylic acids is 1. The summed E-state index contributed by atoms with van der Waals surface area (Å²) >= 11 is 1.47. The molecule has 1 aromatic carbocycles. The van der Waals surface area contributed by atoms with Gasteiger partial charge in [0.05, 0.1) is 6.04 Å². The Morgan fingerprint density at radius 2 is 1.42 bits per heavy atom. The largest absolute Gasteiger partial charge is 0.480 e. The number of rotatable bonds is 22. The molecule has 9 N–H and O–H groups in total. The molecule has 0 aliphatic heterocycles. The van der Waals surface area contributed by atoms with Crippen LogP contribution in [0.3, 0.4) is 0 Å². The zero-order chi connectivity index (χ0) is 33.9. The van der Waals surface area contributed by atoms with Crippen molar-refractivity contribution in [1.82, 2.24) is 21.3 Å². The van der Waals surface area contributed by atoms with Crippen LogP contribution in [0.25, 0.3) is 0 Å². The maximum absolute atomic E-state index is 13.6. The van der Waals surface area contributed by atoms with E-state index in [0.717, 1.165) is 5.56 Å². The average Bonchev–Trinajstić information content (AvgIpc) is 3.00. The van der Waals surface area contributed by atoms with Gasteiger partial charge in [0.15, 0.2) is 0 Å². The van der Waals surface area contributed by atoms with Crippen molar-refractivity contribution in [3.63, 3.8) is 0 Å². The Labute approximate surface area is 272 Å². The van der Waals surface area contributed by atoms with Crippen molar-refractivity contribution in [2.24, 2.45) is 23.3 Å². The van der Waals surface area contributed by atoms with Crippen LogP contribution in [-0.2, 0) is 30.4 Å². The Kier molecular flexibility index (Phi) is 19.1.